The van der Waals surface area contributed by atoms with Crippen molar-refractivity contribution >= 4 is 19.2 Å². The van der Waals surface area contributed by atoms with Crippen LogP contribution in [0.5, 0.6) is 0 Å². The third-order valence-electron chi connectivity index (χ3n) is 6.62. The third-order valence-corrected chi connectivity index (χ3v) is 6.62. The van der Waals surface area contributed by atoms with Gasteiger partial charge in [0.15, 0.2) is 0 Å². The number of hydrogen-bond donors (Lipinski definition) is 4. The summed E-state index contributed by atoms with van der Waals surface area (Å²) in [5, 5.41) is 24.9. The predicted molar refractivity (Wildman–Crippen MR) is 109 cm³/mol. The molecule has 30 heavy (non-hydrogen) atoms. The smallest absolute Gasteiger partial charge is 0.431 e. The van der Waals surface area contributed by atoms with Crippen LogP contribution in [0.25, 0.3) is 0 Å². The summed E-state index contributed by atoms with van der Waals surface area (Å²) in [4.78, 5) is 25.2. The molecule has 0 bridgehead atoms. The van der Waals surface area contributed by atoms with E-state index in [1.54, 1.807) is 0 Å². The Labute approximate surface area is 178 Å². The molecule has 9 nitrogen and oxygen atoms in total. The molecule has 4 atom stereocenters. The van der Waals surface area contributed by atoms with Crippen LogP contribution in [-0.4, -0.2) is 66.4 Å². The molecule has 2 heterocycles. The van der Waals surface area contributed by atoms with Gasteiger partial charge in [0.25, 0.3) is 0 Å². The second-order valence-corrected chi connectivity index (χ2v) is 8.75. The van der Waals surface area contributed by atoms with Crippen molar-refractivity contribution in [3.8, 4) is 0 Å². The molecule has 10 heteroatoms. The Morgan fingerprint density at radius 1 is 1.13 bits per heavy atom. The maximum absolute atomic E-state index is 13.2. The first-order chi connectivity index (χ1) is 14.4. The summed E-state index contributed by atoms with van der Waals surface area (Å²) in [5.41, 5.74) is -0.862. The molecular weight excluding hydrogens is 391 g/mol. The van der Waals surface area contributed by atoms with Gasteiger partial charge in [-0.1, -0.05) is 19.3 Å². The lowest BCUT2D eigenvalue weighted by Gasteiger charge is -2.33. The SMILES string of the molecule is CC(OC(=O)OC1CCCCC1)OC(=O)[C@]1(CCCCB(O)O)NC[C@@H]2NCC[C@@H]21. The Bertz CT molecular complexity index is 588. The van der Waals surface area contributed by atoms with Crippen LogP contribution in [0, 0.1) is 5.92 Å². The number of carbonyl (C=O) groups is 2. The van der Waals surface area contributed by atoms with Gasteiger partial charge < -0.3 is 34.9 Å². The first kappa shape index (κ1) is 23.3. The Balaban J connectivity index is 1.54. The number of ether oxygens (including phenoxy) is 3. The third kappa shape index (κ3) is 5.87. The van der Waals surface area contributed by atoms with Crippen molar-refractivity contribution in [1.82, 2.24) is 10.6 Å². The van der Waals surface area contributed by atoms with Crippen molar-refractivity contribution in [1.29, 1.82) is 0 Å². The lowest BCUT2D eigenvalue weighted by atomic mass is 9.77. The predicted octanol–water partition coefficient (Wildman–Crippen LogP) is 1.32. The maximum Gasteiger partial charge on any atom is 0.511 e. The van der Waals surface area contributed by atoms with E-state index in [1.165, 1.54) is 6.92 Å². The number of rotatable bonds is 9. The van der Waals surface area contributed by atoms with E-state index in [9.17, 15) is 9.59 Å². The number of fused-ring (bicyclic) bond motifs is 1. The molecule has 3 aliphatic rings. The molecule has 0 aromatic carbocycles. The molecule has 3 rings (SSSR count). The molecule has 1 unspecified atom stereocenters. The number of unbranched alkanes of at least 4 members (excludes halogenated alkanes) is 1. The second kappa shape index (κ2) is 10.8. The molecule has 0 radical (unpaired) electrons. The minimum absolute atomic E-state index is 0.0884. The first-order valence-corrected chi connectivity index (χ1v) is 11.3. The van der Waals surface area contributed by atoms with Crippen LogP contribution in [0.1, 0.15) is 64.7 Å². The van der Waals surface area contributed by atoms with Crippen LogP contribution in [0.3, 0.4) is 0 Å². The highest BCUT2D eigenvalue weighted by molar-refractivity contribution is 6.40. The van der Waals surface area contributed by atoms with Gasteiger partial charge in [0.05, 0.1) is 0 Å². The van der Waals surface area contributed by atoms with Crippen LogP contribution in [-0.2, 0) is 19.0 Å². The Hall–Kier alpha value is -1.36. The van der Waals surface area contributed by atoms with Gasteiger partial charge in [-0.15, -0.1) is 0 Å². The van der Waals surface area contributed by atoms with Gasteiger partial charge in [-0.25, -0.2) is 9.59 Å². The molecule has 0 aromatic rings. The first-order valence-electron chi connectivity index (χ1n) is 11.3. The lowest BCUT2D eigenvalue weighted by molar-refractivity contribution is -0.178. The summed E-state index contributed by atoms with van der Waals surface area (Å²) in [5.74, 6) is -0.341. The molecule has 2 aliphatic heterocycles. The Morgan fingerprint density at radius 2 is 1.90 bits per heavy atom. The quantitative estimate of drug-likeness (QED) is 0.187. The second-order valence-electron chi connectivity index (χ2n) is 8.75. The lowest BCUT2D eigenvalue weighted by Crippen LogP contribution is -2.54. The largest absolute Gasteiger partial charge is 0.511 e. The number of hydrogen-bond acceptors (Lipinski definition) is 9. The van der Waals surface area contributed by atoms with Gasteiger partial charge in [0, 0.05) is 25.4 Å². The van der Waals surface area contributed by atoms with E-state index < -0.39 is 31.1 Å². The van der Waals surface area contributed by atoms with Crippen LogP contribution in [0.2, 0.25) is 6.32 Å². The summed E-state index contributed by atoms with van der Waals surface area (Å²) < 4.78 is 16.1. The molecule has 1 aliphatic carbocycles. The summed E-state index contributed by atoms with van der Waals surface area (Å²) in [7, 11) is -1.34. The minimum atomic E-state index is -1.34. The zero-order chi connectivity index (χ0) is 21.6. The van der Waals surface area contributed by atoms with Crippen LogP contribution in [0.4, 0.5) is 4.79 Å². The average Bonchev–Trinajstić information content (AvgIpc) is 3.29. The maximum atomic E-state index is 13.2. The fourth-order valence-corrected chi connectivity index (χ4v) is 5.09. The molecule has 2 saturated heterocycles. The number of nitrogens with one attached hydrogen (secondary N) is 2. The summed E-state index contributed by atoms with van der Waals surface area (Å²) in [6.07, 6.45) is 5.87. The summed E-state index contributed by atoms with van der Waals surface area (Å²) in [6, 6.07) is 0.202. The zero-order valence-electron chi connectivity index (χ0n) is 17.8. The molecule has 0 spiro atoms. The van der Waals surface area contributed by atoms with Gasteiger partial charge in [-0.2, -0.15) is 0 Å². The zero-order valence-corrected chi connectivity index (χ0v) is 17.8. The van der Waals surface area contributed by atoms with Crippen molar-refractivity contribution in [2.45, 2.75) is 95.0 Å². The van der Waals surface area contributed by atoms with Crippen LogP contribution < -0.4 is 10.6 Å². The molecule has 0 aromatic heterocycles. The Kier molecular flexibility index (Phi) is 8.39. The van der Waals surface area contributed by atoms with E-state index in [-0.39, 0.29) is 24.4 Å². The van der Waals surface area contributed by atoms with Crippen LogP contribution in [0.15, 0.2) is 0 Å². The van der Waals surface area contributed by atoms with E-state index in [4.69, 9.17) is 24.3 Å². The van der Waals surface area contributed by atoms with Gasteiger partial charge in [-0.3, -0.25) is 0 Å². The Morgan fingerprint density at radius 3 is 2.63 bits per heavy atom. The van der Waals surface area contributed by atoms with Crippen molar-refractivity contribution < 1.29 is 33.8 Å². The van der Waals surface area contributed by atoms with Crippen LogP contribution >= 0.6 is 0 Å². The average molecular weight is 426 g/mol. The fourth-order valence-electron chi connectivity index (χ4n) is 5.09. The van der Waals surface area contributed by atoms with E-state index in [2.05, 4.69) is 10.6 Å². The van der Waals surface area contributed by atoms with Gasteiger partial charge in [0.1, 0.15) is 11.6 Å². The van der Waals surface area contributed by atoms with E-state index >= 15 is 0 Å². The monoisotopic (exact) mass is 426 g/mol. The topological polar surface area (TPSA) is 126 Å². The normalized spacial score (nSPS) is 29.8. The van der Waals surface area contributed by atoms with E-state index in [0.29, 0.717) is 25.8 Å². The highest BCUT2D eigenvalue weighted by Crippen LogP contribution is 2.38. The van der Waals surface area contributed by atoms with Gasteiger partial charge in [-0.05, 0) is 51.4 Å². The molecular formula is C20H35BN2O7. The fraction of sp³-hybridized carbons (Fsp3) is 0.900. The van der Waals surface area contributed by atoms with Crippen molar-refractivity contribution in [2.24, 2.45) is 5.92 Å². The van der Waals surface area contributed by atoms with E-state index in [0.717, 1.165) is 45.1 Å². The molecule has 170 valence electrons. The standard InChI is InChI=1S/C20H35BN2O7/c1-14(29-19(25)30-15-7-3-2-4-8-15)28-18(24)20(10-5-6-11-21(26)27)16-9-12-22-17(16)13-23-20/h14-17,22-23,26-27H,2-13H2,1H3/t14?,16-,17-,20+/m0/s1. The van der Waals surface area contributed by atoms with E-state index in [1.807, 2.05) is 0 Å². The summed E-state index contributed by atoms with van der Waals surface area (Å²) in [6.45, 7) is 3.04. The highest BCUT2D eigenvalue weighted by Gasteiger charge is 2.55. The molecule has 4 N–H and O–H groups in total. The number of esters is 1. The van der Waals surface area contributed by atoms with Crippen molar-refractivity contribution in [3.63, 3.8) is 0 Å². The van der Waals surface area contributed by atoms with Gasteiger partial charge >= 0.3 is 19.2 Å². The number of carbonyl (C=O) groups excluding carboxylic acids is 2. The van der Waals surface area contributed by atoms with Crippen molar-refractivity contribution in [2.75, 3.05) is 13.1 Å². The highest BCUT2D eigenvalue weighted by atomic mass is 16.8. The van der Waals surface area contributed by atoms with Gasteiger partial charge in [0.2, 0.25) is 6.29 Å². The summed E-state index contributed by atoms with van der Waals surface area (Å²) >= 11 is 0. The van der Waals surface area contributed by atoms with Crippen molar-refractivity contribution in [3.05, 3.63) is 0 Å². The molecule has 0 amide bonds. The molecule has 3 fully saturated rings. The minimum Gasteiger partial charge on any atom is -0.431 e. The molecule has 1 saturated carbocycles.